The number of hydrogen-bond donors (Lipinski definition) is 0. The Morgan fingerprint density at radius 1 is 1.13 bits per heavy atom. The van der Waals surface area contributed by atoms with Gasteiger partial charge in [-0.3, -0.25) is 9.88 Å². The molecule has 0 N–H and O–H groups in total. The predicted molar refractivity (Wildman–Crippen MR) is 91.5 cm³/mol. The number of aromatic nitrogens is 3. The Labute approximate surface area is 138 Å². The van der Waals surface area contributed by atoms with Crippen LogP contribution in [0.15, 0.2) is 30.7 Å². The summed E-state index contributed by atoms with van der Waals surface area (Å²) in [6.07, 6.45) is 12.9. The monoisotopic (exact) mass is 310 g/mol. The van der Waals surface area contributed by atoms with Gasteiger partial charge in [-0.2, -0.15) is 0 Å². The largest absolute Gasteiger partial charge is 0.328 e. The Hall–Kier alpha value is -1.68. The molecule has 2 aromatic heterocycles. The molecular weight excluding hydrogens is 284 g/mol. The van der Waals surface area contributed by atoms with Gasteiger partial charge in [0.25, 0.3) is 0 Å². The van der Waals surface area contributed by atoms with Gasteiger partial charge in [-0.15, -0.1) is 0 Å². The second kappa shape index (κ2) is 6.44. The molecule has 1 aliphatic carbocycles. The Kier molecular flexibility index (Phi) is 4.17. The van der Waals surface area contributed by atoms with Gasteiger partial charge in [-0.05, 0) is 31.4 Å². The zero-order valence-electron chi connectivity index (χ0n) is 14.0. The fraction of sp³-hybridized carbons (Fsp3) is 0.579. The van der Waals surface area contributed by atoms with Crippen molar-refractivity contribution in [2.75, 3.05) is 13.1 Å². The third-order valence-corrected chi connectivity index (χ3v) is 5.52. The SMILES string of the molecule is Cc1cnc(C2CN(C3CCCCC3)C2)n1Cc1cccnc1. The molecule has 1 saturated heterocycles. The summed E-state index contributed by atoms with van der Waals surface area (Å²) in [6, 6.07) is 4.99. The first-order chi connectivity index (χ1) is 11.3. The van der Waals surface area contributed by atoms with Crippen molar-refractivity contribution in [2.45, 2.75) is 57.5 Å². The van der Waals surface area contributed by atoms with Crippen LogP contribution in [0.1, 0.15) is 55.1 Å². The van der Waals surface area contributed by atoms with Crippen LogP contribution in [0, 0.1) is 6.92 Å². The van der Waals surface area contributed by atoms with E-state index in [-0.39, 0.29) is 0 Å². The molecule has 3 heterocycles. The lowest BCUT2D eigenvalue weighted by molar-refractivity contribution is 0.0646. The van der Waals surface area contributed by atoms with Gasteiger partial charge in [0.15, 0.2) is 0 Å². The van der Waals surface area contributed by atoms with E-state index >= 15 is 0 Å². The summed E-state index contributed by atoms with van der Waals surface area (Å²) >= 11 is 0. The topological polar surface area (TPSA) is 34.0 Å². The standard InChI is InChI=1S/C19H26N4/c1-15-10-21-19(23(15)12-16-6-5-9-20-11-16)17-13-22(14-17)18-7-3-2-4-8-18/h5-6,9-11,17-18H,2-4,7-8,12-14H2,1H3. The number of imidazole rings is 1. The van der Waals surface area contributed by atoms with Crippen LogP contribution in [0.3, 0.4) is 0 Å². The molecule has 0 atom stereocenters. The molecule has 2 aromatic rings. The average Bonchev–Trinajstić information content (AvgIpc) is 2.89. The summed E-state index contributed by atoms with van der Waals surface area (Å²) < 4.78 is 2.37. The van der Waals surface area contributed by atoms with Gasteiger partial charge in [-0.1, -0.05) is 25.3 Å². The molecule has 0 radical (unpaired) electrons. The maximum absolute atomic E-state index is 4.73. The number of hydrogen-bond acceptors (Lipinski definition) is 3. The lowest BCUT2D eigenvalue weighted by Crippen LogP contribution is -2.52. The van der Waals surface area contributed by atoms with Crippen LogP contribution in [0.4, 0.5) is 0 Å². The van der Waals surface area contributed by atoms with Gasteiger partial charge in [0.1, 0.15) is 5.82 Å². The molecular formula is C19H26N4. The molecule has 1 aliphatic heterocycles. The van der Waals surface area contributed by atoms with Crippen molar-refractivity contribution in [3.05, 3.63) is 47.8 Å². The minimum atomic E-state index is 0.599. The minimum Gasteiger partial charge on any atom is -0.328 e. The van der Waals surface area contributed by atoms with E-state index in [1.54, 1.807) is 0 Å². The van der Waals surface area contributed by atoms with E-state index in [9.17, 15) is 0 Å². The first kappa shape index (κ1) is 14.9. The van der Waals surface area contributed by atoms with Gasteiger partial charge in [0.05, 0.1) is 6.54 Å². The van der Waals surface area contributed by atoms with E-state index in [4.69, 9.17) is 4.98 Å². The molecule has 122 valence electrons. The lowest BCUT2D eigenvalue weighted by Gasteiger charge is -2.45. The van der Waals surface area contributed by atoms with Crippen LogP contribution in [-0.4, -0.2) is 38.6 Å². The number of nitrogens with zero attached hydrogens (tertiary/aromatic N) is 4. The number of rotatable bonds is 4. The first-order valence-corrected chi connectivity index (χ1v) is 8.96. The first-order valence-electron chi connectivity index (χ1n) is 8.96. The highest BCUT2D eigenvalue weighted by Crippen LogP contribution is 2.33. The summed E-state index contributed by atoms with van der Waals surface area (Å²) in [7, 11) is 0. The molecule has 4 rings (SSSR count). The van der Waals surface area contributed by atoms with Gasteiger partial charge < -0.3 is 4.57 Å². The van der Waals surface area contributed by atoms with Crippen LogP contribution in [-0.2, 0) is 6.54 Å². The van der Waals surface area contributed by atoms with Crippen molar-refractivity contribution < 1.29 is 0 Å². The summed E-state index contributed by atoms with van der Waals surface area (Å²) in [5, 5.41) is 0. The number of aryl methyl sites for hydroxylation is 1. The molecule has 23 heavy (non-hydrogen) atoms. The Balaban J connectivity index is 1.44. The molecule has 2 fully saturated rings. The van der Waals surface area contributed by atoms with Crippen molar-refractivity contribution in [2.24, 2.45) is 0 Å². The minimum absolute atomic E-state index is 0.599. The smallest absolute Gasteiger partial charge is 0.114 e. The molecule has 0 unspecified atom stereocenters. The third kappa shape index (κ3) is 3.05. The molecule has 4 nitrogen and oxygen atoms in total. The Bertz CT molecular complexity index is 637. The third-order valence-electron chi connectivity index (χ3n) is 5.52. The van der Waals surface area contributed by atoms with Crippen molar-refractivity contribution in [3.8, 4) is 0 Å². The van der Waals surface area contributed by atoms with E-state index in [1.165, 1.54) is 62.3 Å². The van der Waals surface area contributed by atoms with Crippen LogP contribution in [0.25, 0.3) is 0 Å². The van der Waals surface area contributed by atoms with Crippen molar-refractivity contribution >= 4 is 0 Å². The van der Waals surface area contributed by atoms with E-state index in [2.05, 4.69) is 27.4 Å². The van der Waals surface area contributed by atoms with Crippen molar-refractivity contribution in [3.63, 3.8) is 0 Å². The molecule has 0 amide bonds. The highest BCUT2D eigenvalue weighted by atomic mass is 15.2. The number of likely N-dealkylation sites (tertiary alicyclic amines) is 1. The van der Waals surface area contributed by atoms with Crippen LogP contribution in [0.5, 0.6) is 0 Å². The Morgan fingerprint density at radius 3 is 2.70 bits per heavy atom. The highest BCUT2D eigenvalue weighted by molar-refractivity contribution is 5.17. The summed E-state index contributed by atoms with van der Waals surface area (Å²) in [5.74, 6) is 1.86. The maximum atomic E-state index is 4.73. The maximum Gasteiger partial charge on any atom is 0.114 e. The predicted octanol–water partition coefficient (Wildman–Crippen LogP) is 3.37. The van der Waals surface area contributed by atoms with E-state index in [1.807, 2.05) is 24.7 Å². The summed E-state index contributed by atoms with van der Waals surface area (Å²) in [5.41, 5.74) is 2.50. The van der Waals surface area contributed by atoms with Crippen LogP contribution >= 0.6 is 0 Å². The van der Waals surface area contributed by atoms with Crippen LogP contribution < -0.4 is 0 Å². The van der Waals surface area contributed by atoms with E-state index < -0.39 is 0 Å². The van der Waals surface area contributed by atoms with Crippen molar-refractivity contribution in [1.29, 1.82) is 0 Å². The van der Waals surface area contributed by atoms with Gasteiger partial charge in [0, 0.05) is 49.3 Å². The summed E-state index contributed by atoms with van der Waals surface area (Å²) in [6.45, 7) is 5.42. The highest BCUT2D eigenvalue weighted by Gasteiger charge is 2.36. The molecule has 2 aliphatic rings. The molecule has 0 spiro atoms. The van der Waals surface area contributed by atoms with Crippen molar-refractivity contribution in [1.82, 2.24) is 19.4 Å². The molecule has 1 saturated carbocycles. The molecule has 4 heteroatoms. The summed E-state index contributed by atoms with van der Waals surface area (Å²) in [4.78, 5) is 11.6. The van der Waals surface area contributed by atoms with Gasteiger partial charge in [0.2, 0.25) is 0 Å². The molecule has 0 aromatic carbocycles. The Morgan fingerprint density at radius 2 is 1.96 bits per heavy atom. The van der Waals surface area contributed by atoms with Crippen LogP contribution in [0.2, 0.25) is 0 Å². The second-order valence-corrected chi connectivity index (χ2v) is 7.15. The average molecular weight is 310 g/mol. The van der Waals surface area contributed by atoms with Gasteiger partial charge >= 0.3 is 0 Å². The fourth-order valence-electron chi connectivity index (χ4n) is 4.11. The van der Waals surface area contributed by atoms with E-state index in [0.29, 0.717) is 5.92 Å². The zero-order valence-corrected chi connectivity index (χ0v) is 14.0. The molecule has 0 bridgehead atoms. The quantitative estimate of drug-likeness (QED) is 0.868. The van der Waals surface area contributed by atoms with E-state index in [0.717, 1.165) is 12.6 Å². The number of pyridine rings is 1. The second-order valence-electron chi connectivity index (χ2n) is 7.15. The normalized spacial score (nSPS) is 20.6. The van der Waals surface area contributed by atoms with Gasteiger partial charge in [-0.25, -0.2) is 4.98 Å². The zero-order chi connectivity index (χ0) is 15.6. The lowest BCUT2D eigenvalue weighted by atomic mass is 9.88. The fourth-order valence-corrected chi connectivity index (χ4v) is 4.11.